The lowest BCUT2D eigenvalue weighted by Crippen LogP contribution is -2.08. The first-order valence-electron chi connectivity index (χ1n) is 2.08. The highest BCUT2D eigenvalue weighted by molar-refractivity contribution is 8.12. The van der Waals surface area contributed by atoms with Crippen LogP contribution < -0.4 is 0 Å². The molecule has 0 aromatic heterocycles. The predicted octanol–water partition coefficient (Wildman–Crippen LogP) is 0.0599. The van der Waals surface area contributed by atoms with Gasteiger partial charge in [0.25, 0.3) is 0 Å². The fourth-order valence-electron chi connectivity index (χ4n) is 0.151. The summed E-state index contributed by atoms with van der Waals surface area (Å²) in [6.45, 7) is 0. The molecule has 0 atom stereocenters. The van der Waals surface area contributed by atoms with E-state index in [4.69, 9.17) is 10.7 Å². The highest BCUT2D eigenvalue weighted by Gasteiger charge is 1.95. The highest BCUT2D eigenvalue weighted by atomic mass is 35.7. The maximum atomic E-state index is 10.1. The topological polar surface area (TPSA) is 49.7 Å². The smallest absolute Gasteiger partial charge is 0.341 e. The summed E-state index contributed by atoms with van der Waals surface area (Å²) < 4.78 is 23.1. The molecule has 0 saturated heterocycles. The van der Waals surface area contributed by atoms with Crippen LogP contribution in [0.3, 0.4) is 0 Å². The third-order valence-electron chi connectivity index (χ3n) is 0.404. The Hall–Kier alpha value is -0.290. The number of hydrogen-bond donors (Lipinski definition) is 0. The quantitative estimate of drug-likeness (QED) is 0.335. The Morgan fingerprint density at radius 3 is 2.11 bits per heavy atom. The third-order valence-corrected chi connectivity index (χ3v) is 0.989. The van der Waals surface area contributed by atoms with Gasteiger partial charge in [0.15, 0.2) is 0 Å². The minimum absolute atomic E-state index is 1.11. The van der Waals surface area contributed by atoms with Gasteiger partial charge in [-0.1, -0.05) is 0 Å². The van der Waals surface area contributed by atoms with Crippen molar-refractivity contribution in [3.63, 3.8) is 0 Å². The van der Waals surface area contributed by atoms with Gasteiger partial charge in [-0.3, -0.25) is 0 Å². The first kappa shape index (κ1) is 8.71. The Kier molecular flexibility index (Phi) is 2.93. The van der Waals surface area contributed by atoms with E-state index in [2.05, 4.69) is 4.40 Å². The lowest BCUT2D eigenvalue weighted by atomic mass is 11.0. The van der Waals surface area contributed by atoms with Gasteiger partial charge >= 0.3 is 9.24 Å². The van der Waals surface area contributed by atoms with Crippen molar-refractivity contribution in [3.8, 4) is 0 Å². The zero-order valence-electron chi connectivity index (χ0n) is 5.07. The van der Waals surface area contributed by atoms with E-state index in [1.165, 1.54) is 4.90 Å². The fraction of sp³-hybridized carbons (Fsp3) is 0.667. The molecule has 0 aromatic rings. The molecule has 9 heavy (non-hydrogen) atoms. The predicted molar refractivity (Wildman–Crippen MR) is 37.0 cm³/mol. The maximum Gasteiger partial charge on any atom is 0.341 e. The summed E-state index contributed by atoms with van der Waals surface area (Å²) in [6.07, 6.45) is 1.11. The minimum Gasteiger partial charge on any atom is -0.368 e. The standard InChI is InChI=1S/C3H7ClN2O2S/c1-6(2)3-5-9(4,7)8/h3H,1-2H3. The molecule has 0 spiro atoms. The van der Waals surface area contributed by atoms with Gasteiger partial charge in [-0.2, -0.15) is 8.42 Å². The van der Waals surface area contributed by atoms with Crippen molar-refractivity contribution in [2.75, 3.05) is 14.1 Å². The molecule has 0 rings (SSSR count). The van der Waals surface area contributed by atoms with E-state index in [0.717, 1.165) is 6.34 Å². The molecule has 0 aliphatic heterocycles. The maximum absolute atomic E-state index is 10.1. The second kappa shape index (κ2) is 3.03. The van der Waals surface area contributed by atoms with Crippen LogP contribution in [0.2, 0.25) is 0 Å². The number of halogens is 1. The molecule has 0 N–H and O–H groups in total. The first-order chi connectivity index (χ1) is 3.92. The van der Waals surface area contributed by atoms with Gasteiger partial charge in [-0.15, -0.1) is 4.40 Å². The van der Waals surface area contributed by atoms with Crippen LogP contribution in [0.5, 0.6) is 0 Å². The van der Waals surface area contributed by atoms with Crippen LogP contribution in [0.15, 0.2) is 4.40 Å². The largest absolute Gasteiger partial charge is 0.368 e. The lowest BCUT2D eigenvalue weighted by molar-refractivity contribution is 0.607. The summed E-state index contributed by atoms with van der Waals surface area (Å²) in [6, 6.07) is 0. The van der Waals surface area contributed by atoms with E-state index in [1.807, 2.05) is 0 Å². The number of nitrogens with zero attached hydrogens (tertiary/aromatic N) is 2. The van der Waals surface area contributed by atoms with Crippen molar-refractivity contribution in [3.05, 3.63) is 0 Å². The van der Waals surface area contributed by atoms with E-state index in [-0.39, 0.29) is 0 Å². The van der Waals surface area contributed by atoms with Gasteiger partial charge in [-0.05, 0) is 0 Å². The van der Waals surface area contributed by atoms with Gasteiger partial charge in [0.05, 0.1) is 0 Å². The molecule has 6 heteroatoms. The summed E-state index contributed by atoms with van der Waals surface area (Å²) in [5, 5.41) is 0. The number of rotatable bonds is 2. The molecule has 0 aromatic carbocycles. The average molecular weight is 171 g/mol. The van der Waals surface area contributed by atoms with Gasteiger partial charge in [0, 0.05) is 24.8 Å². The van der Waals surface area contributed by atoms with Crippen LogP contribution in [0.4, 0.5) is 0 Å². The van der Waals surface area contributed by atoms with Crippen LogP contribution in [0.1, 0.15) is 0 Å². The SMILES string of the molecule is CN(C)C=NS(=O)(=O)Cl. The van der Waals surface area contributed by atoms with E-state index >= 15 is 0 Å². The van der Waals surface area contributed by atoms with Gasteiger partial charge in [0.2, 0.25) is 0 Å². The Labute approximate surface area is 58.7 Å². The second-order valence-electron chi connectivity index (χ2n) is 1.60. The Balaban J connectivity index is 4.03. The number of hydrogen-bond acceptors (Lipinski definition) is 2. The molecule has 54 valence electrons. The molecule has 0 heterocycles. The lowest BCUT2D eigenvalue weighted by Gasteiger charge is -1.99. The van der Waals surface area contributed by atoms with Crippen LogP contribution in [0, 0.1) is 0 Å². The summed E-state index contributed by atoms with van der Waals surface area (Å²) >= 11 is 0. The molecule has 0 saturated carbocycles. The summed E-state index contributed by atoms with van der Waals surface area (Å²) in [5.74, 6) is 0. The van der Waals surface area contributed by atoms with E-state index in [0.29, 0.717) is 0 Å². The van der Waals surface area contributed by atoms with Crippen LogP contribution in [-0.2, 0) is 9.24 Å². The Bertz CT molecular complexity index is 196. The fourth-order valence-corrected chi connectivity index (χ4v) is 0.559. The summed E-state index contributed by atoms with van der Waals surface area (Å²) in [7, 11) is 4.29. The first-order valence-corrected chi connectivity index (χ1v) is 4.35. The van der Waals surface area contributed by atoms with Gasteiger partial charge in [0.1, 0.15) is 6.34 Å². The van der Waals surface area contributed by atoms with Gasteiger partial charge < -0.3 is 4.90 Å². The Morgan fingerprint density at radius 2 is 2.00 bits per heavy atom. The normalized spacial score (nSPS) is 12.3. The summed E-state index contributed by atoms with van der Waals surface area (Å²) in [4.78, 5) is 1.47. The average Bonchev–Trinajstić information content (AvgIpc) is 1.59. The molecular formula is C3H7ClN2O2S. The van der Waals surface area contributed by atoms with Crippen molar-refractivity contribution >= 4 is 26.3 Å². The van der Waals surface area contributed by atoms with Crippen LogP contribution >= 0.6 is 10.7 Å². The van der Waals surface area contributed by atoms with Crippen molar-refractivity contribution < 1.29 is 8.42 Å². The van der Waals surface area contributed by atoms with Crippen molar-refractivity contribution in [1.82, 2.24) is 4.90 Å². The highest BCUT2D eigenvalue weighted by Crippen LogP contribution is 1.94. The monoisotopic (exact) mass is 170 g/mol. The van der Waals surface area contributed by atoms with E-state index in [9.17, 15) is 8.42 Å². The van der Waals surface area contributed by atoms with Crippen LogP contribution in [-0.4, -0.2) is 33.8 Å². The van der Waals surface area contributed by atoms with E-state index < -0.39 is 9.24 Å². The van der Waals surface area contributed by atoms with Crippen molar-refractivity contribution in [2.24, 2.45) is 4.40 Å². The molecule has 0 bridgehead atoms. The zero-order valence-corrected chi connectivity index (χ0v) is 6.65. The third kappa shape index (κ3) is 7.71. The molecule has 0 fully saturated rings. The molecule has 0 radical (unpaired) electrons. The minimum atomic E-state index is -3.72. The molecule has 0 aliphatic rings. The van der Waals surface area contributed by atoms with Crippen molar-refractivity contribution in [1.29, 1.82) is 0 Å². The molecular weight excluding hydrogens is 164 g/mol. The molecule has 4 nitrogen and oxygen atoms in total. The molecule has 0 amide bonds. The molecule has 0 unspecified atom stereocenters. The molecule has 0 aliphatic carbocycles. The Morgan fingerprint density at radius 1 is 1.56 bits per heavy atom. The summed E-state index contributed by atoms with van der Waals surface area (Å²) in [5.41, 5.74) is 0. The van der Waals surface area contributed by atoms with Crippen LogP contribution in [0.25, 0.3) is 0 Å². The zero-order chi connectivity index (χ0) is 7.49. The van der Waals surface area contributed by atoms with E-state index in [1.54, 1.807) is 14.1 Å². The van der Waals surface area contributed by atoms with Gasteiger partial charge in [-0.25, -0.2) is 0 Å². The van der Waals surface area contributed by atoms with Crippen molar-refractivity contribution in [2.45, 2.75) is 0 Å². The second-order valence-corrected chi connectivity index (χ2v) is 3.80.